The second-order valence-corrected chi connectivity index (χ2v) is 3.13. The van der Waals surface area contributed by atoms with Crippen molar-refractivity contribution in [3.63, 3.8) is 0 Å². The quantitative estimate of drug-likeness (QED) is 0.689. The van der Waals surface area contributed by atoms with Crippen LogP contribution in [-0.4, -0.2) is 26.3 Å². The lowest BCUT2D eigenvalue weighted by Gasteiger charge is -2.14. The highest BCUT2D eigenvalue weighted by atomic mass is 16.3. The second-order valence-electron chi connectivity index (χ2n) is 3.13. The van der Waals surface area contributed by atoms with Gasteiger partial charge in [0.2, 0.25) is 5.82 Å². The number of fused-ring (bicyclic) bond motifs is 1. The van der Waals surface area contributed by atoms with Crippen LogP contribution in [0.15, 0.2) is 17.0 Å². The fourth-order valence-electron chi connectivity index (χ4n) is 1.60. The van der Waals surface area contributed by atoms with E-state index in [0.717, 1.165) is 31.3 Å². The molecule has 1 aliphatic heterocycles. The molecule has 0 atom stereocenters. The number of hydrogen-bond acceptors (Lipinski definition) is 5. The zero-order valence-corrected chi connectivity index (χ0v) is 7.47. The van der Waals surface area contributed by atoms with Crippen LogP contribution in [0.25, 0.3) is 11.6 Å². The van der Waals surface area contributed by atoms with E-state index in [0.29, 0.717) is 5.76 Å². The van der Waals surface area contributed by atoms with Crippen molar-refractivity contribution < 1.29 is 4.42 Å². The van der Waals surface area contributed by atoms with Gasteiger partial charge < -0.3 is 14.3 Å². The van der Waals surface area contributed by atoms with Crippen LogP contribution in [0.5, 0.6) is 0 Å². The van der Waals surface area contributed by atoms with Gasteiger partial charge in [-0.25, -0.2) is 4.98 Å². The van der Waals surface area contributed by atoms with E-state index in [1.165, 1.54) is 6.39 Å². The van der Waals surface area contributed by atoms with Gasteiger partial charge in [-0.15, -0.1) is 10.2 Å². The molecule has 0 spiro atoms. The maximum Gasteiger partial charge on any atom is 0.201 e. The predicted molar refractivity (Wildman–Crippen MR) is 47.2 cm³/mol. The molecular weight excluding hydrogens is 182 g/mol. The van der Waals surface area contributed by atoms with Crippen LogP contribution < -0.4 is 5.32 Å². The number of nitrogens with one attached hydrogen (secondary N) is 1. The summed E-state index contributed by atoms with van der Waals surface area (Å²) in [6.07, 6.45) is 3.05. The first-order chi connectivity index (χ1) is 6.95. The summed E-state index contributed by atoms with van der Waals surface area (Å²) in [4.78, 5) is 3.86. The fourth-order valence-corrected chi connectivity index (χ4v) is 1.60. The highest BCUT2D eigenvalue weighted by molar-refractivity contribution is 5.45. The summed E-state index contributed by atoms with van der Waals surface area (Å²) >= 11 is 0. The summed E-state index contributed by atoms with van der Waals surface area (Å²) in [5.41, 5.74) is 0. The van der Waals surface area contributed by atoms with Crippen LogP contribution in [-0.2, 0) is 13.1 Å². The first-order valence-electron chi connectivity index (χ1n) is 4.47. The summed E-state index contributed by atoms with van der Waals surface area (Å²) in [5, 5.41) is 11.4. The normalized spacial score (nSPS) is 15.4. The Morgan fingerprint density at radius 3 is 3.29 bits per heavy atom. The van der Waals surface area contributed by atoms with Crippen molar-refractivity contribution in [2.45, 2.75) is 13.1 Å². The van der Waals surface area contributed by atoms with Crippen LogP contribution in [0.1, 0.15) is 5.82 Å². The third-order valence-electron chi connectivity index (χ3n) is 2.28. The van der Waals surface area contributed by atoms with Crippen LogP contribution in [0.3, 0.4) is 0 Å². The topological polar surface area (TPSA) is 68.8 Å². The molecule has 0 radical (unpaired) electrons. The van der Waals surface area contributed by atoms with Crippen molar-refractivity contribution in [2.75, 3.05) is 6.54 Å². The second kappa shape index (κ2) is 2.91. The Balaban J connectivity index is 2.11. The van der Waals surface area contributed by atoms with Gasteiger partial charge in [0, 0.05) is 13.1 Å². The smallest absolute Gasteiger partial charge is 0.201 e. The summed E-state index contributed by atoms with van der Waals surface area (Å²) in [6, 6.07) is 0. The molecule has 0 bridgehead atoms. The molecule has 6 nitrogen and oxygen atoms in total. The van der Waals surface area contributed by atoms with Crippen molar-refractivity contribution in [3.05, 3.63) is 18.4 Å². The molecule has 1 N–H and O–H groups in total. The van der Waals surface area contributed by atoms with Crippen LogP contribution in [0.4, 0.5) is 0 Å². The minimum Gasteiger partial charge on any atom is -0.440 e. The molecule has 0 aromatic carbocycles. The van der Waals surface area contributed by atoms with Crippen LogP contribution in [0.2, 0.25) is 0 Å². The highest BCUT2D eigenvalue weighted by Gasteiger charge is 2.18. The Morgan fingerprint density at radius 1 is 1.43 bits per heavy atom. The molecular formula is C8H9N5O. The van der Waals surface area contributed by atoms with Gasteiger partial charge in [0.1, 0.15) is 5.82 Å². The molecule has 0 saturated heterocycles. The van der Waals surface area contributed by atoms with Crippen molar-refractivity contribution in [3.8, 4) is 11.6 Å². The molecule has 14 heavy (non-hydrogen) atoms. The minimum atomic E-state index is 0.672. The molecule has 2 aromatic heterocycles. The lowest BCUT2D eigenvalue weighted by molar-refractivity contribution is 0.499. The Labute approximate surface area is 80.0 Å². The van der Waals surface area contributed by atoms with E-state index in [-0.39, 0.29) is 0 Å². The molecule has 0 saturated carbocycles. The van der Waals surface area contributed by atoms with Crippen molar-refractivity contribution in [1.29, 1.82) is 0 Å². The zero-order chi connectivity index (χ0) is 9.38. The lowest BCUT2D eigenvalue weighted by Crippen LogP contribution is -2.28. The molecule has 72 valence electrons. The number of nitrogens with zero attached hydrogens (tertiary/aromatic N) is 4. The maximum atomic E-state index is 5.19. The van der Waals surface area contributed by atoms with Gasteiger partial charge in [-0.2, -0.15) is 0 Å². The number of rotatable bonds is 1. The van der Waals surface area contributed by atoms with Crippen molar-refractivity contribution in [1.82, 2.24) is 25.1 Å². The first kappa shape index (κ1) is 7.69. The third kappa shape index (κ3) is 1.04. The van der Waals surface area contributed by atoms with Crippen molar-refractivity contribution >= 4 is 0 Å². The molecule has 3 rings (SSSR count). The molecule has 2 aromatic rings. The van der Waals surface area contributed by atoms with Crippen molar-refractivity contribution in [2.24, 2.45) is 0 Å². The Bertz CT molecular complexity index is 433. The van der Waals surface area contributed by atoms with E-state index in [4.69, 9.17) is 4.42 Å². The molecule has 0 aliphatic carbocycles. The predicted octanol–water partition coefficient (Wildman–Crippen LogP) is 0.0363. The summed E-state index contributed by atoms with van der Waals surface area (Å²) in [7, 11) is 0. The highest BCUT2D eigenvalue weighted by Crippen LogP contribution is 2.18. The van der Waals surface area contributed by atoms with Gasteiger partial charge in [-0.1, -0.05) is 0 Å². The Kier molecular flexibility index (Phi) is 1.60. The third-order valence-corrected chi connectivity index (χ3v) is 2.28. The minimum absolute atomic E-state index is 0.672. The molecule has 1 aliphatic rings. The Hall–Kier alpha value is -1.69. The van der Waals surface area contributed by atoms with E-state index in [1.807, 2.05) is 0 Å². The molecule has 0 fully saturated rings. The van der Waals surface area contributed by atoms with Crippen LogP contribution in [0, 0.1) is 0 Å². The molecule has 0 unspecified atom stereocenters. The average molecular weight is 191 g/mol. The average Bonchev–Trinajstić information content (AvgIpc) is 2.85. The fraction of sp³-hybridized carbons (Fsp3) is 0.375. The van der Waals surface area contributed by atoms with E-state index in [2.05, 4.69) is 25.1 Å². The summed E-state index contributed by atoms with van der Waals surface area (Å²) in [5.74, 6) is 2.38. The zero-order valence-electron chi connectivity index (χ0n) is 7.47. The van der Waals surface area contributed by atoms with Gasteiger partial charge >= 0.3 is 0 Å². The van der Waals surface area contributed by atoms with Gasteiger partial charge in [0.15, 0.2) is 12.2 Å². The molecule has 6 heteroatoms. The number of aromatic nitrogens is 4. The molecule has 3 heterocycles. The molecule has 0 amide bonds. The van der Waals surface area contributed by atoms with Gasteiger partial charge in [-0.05, 0) is 0 Å². The van der Waals surface area contributed by atoms with Gasteiger partial charge in [-0.3, -0.25) is 0 Å². The summed E-state index contributed by atoms with van der Waals surface area (Å²) < 4.78 is 7.24. The van der Waals surface area contributed by atoms with Gasteiger partial charge in [0.05, 0.1) is 12.7 Å². The van der Waals surface area contributed by atoms with Crippen LogP contribution >= 0.6 is 0 Å². The van der Waals surface area contributed by atoms with Gasteiger partial charge in [0.25, 0.3) is 0 Å². The SMILES string of the molecule is c1ncc(-c2nnc3n2CCNC3)o1. The standard InChI is InChI=1S/C8H9N5O/c1-2-13-7(4-9-1)11-12-8(13)6-3-10-5-14-6/h3,5,9H,1-2,4H2. The monoisotopic (exact) mass is 191 g/mol. The number of oxazole rings is 1. The Morgan fingerprint density at radius 2 is 2.43 bits per heavy atom. The largest absolute Gasteiger partial charge is 0.440 e. The van der Waals surface area contributed by atoms with E-state index < -0.39 is 0 Å². The van der Waals surface area contributed by atoms with E-state index >= 15 is 0 Å². The number of hydrogen-bond donors (Lipinski definition) is 1. The lowest BCUT2D eigenvalue weighted by atomic mass is 10.4. The maximum absolute atomic E-state index is 5.19. The first-order valence-corrected chi connectivity index (χ1v) is 4.47. The van der Waals surface area contributed by atoms with E-state index in [1.54, 1.807) is 6.20 Å². The van der Waals surface area contributed by atoms with E-state index in [9.17, 15) is 0 Å². The summed E-state index contributed by atoms with van der Waals surface area (Å²) in [6.45, 7) is 2.58.